The second kappa shape index (κ2) is 5.09. The third kappa shape index (κ3) is 2.32. The second-order valence-electron chi connectivity index (χ2n) is 4.52. The molecule has 0 amide bonds. The van der Waals surface area contributed by atoms with Gasteiger partial charge in [-0.1, -0.05) is 34.1 Å². The Morgan fingerprint density at radius 1 is 1.15 bits per heavy atom. The Morgan fingerprint density at radius 2 is 1.90 bits per heavy atom. The summed E-state index contributed by atoms with van der Waals surface area (Å²) in [7, 11) is 0. The Hall–Kier alpha value is -2.14. The van der Waals surface area contributed by atoms with E-state index in [0.717, 1.165) is 20.3 Å². The second-order valence-corrected chi connectivity index (χ2v) is 5.43. The summed E-state index contributed by atoms with van der Waals surface area (Å²) in [6, 6.07) is 15.2. The highest BCUT2D eigenvalue weighted by atomic mass is 79.9. The minimum atomic E-state index is 0.0660. The van der Waals surface area contributed by atoms with Crippen LogP contribution in [0.3, 0.4) is 0 Å². The Kier molecular flexibility index (Phi) is 3.28. The predicted octanol–water partition coefficient (Wildman–Crippen LogP) is 2.80. The molecular formula is C15H12BrN3O. The first kappa shape index (κ1) is 12.9. The van der Waals surface area contributed by atoms with E-state index < -0.39 is 0 Å². The molecular weight excluding hydrogens is 318 g/mol. The number of nitrogens with zero attached hydrogens (tertiary/aromatic N) is 2. The molecule has 2 aromatic rings. The van der Waals surface area contributed by atoms with Crippen LogP contribution in [0, 0.1) is 5.21 Å². The number of hydrogen-bond acceptors (Lipinski definition) is 3. The van der Waals surface area contributed by atoms with E-state index in [4.69, 9.17) is 5.73 Å². The summed E-state index contributed by atoms with van der Waals surface area (Å²) in [5.74, 6) is 0.314. The molecule has 0 spiro atoms. The smallest absolute Gasteiger partial charge is 0.228 e. The van der Waals surface area contributed by atoms with Crippen LogP contribution in [0.25, 0.3) is 0 Å². The van der Waals surface area contributed by atoms with Crippen molar-refractivity contribution in [1.29, 1.82) is 0 Å². The van der Waals surface area contributed by atoms with Crippen molar-refractivity contribution in [2.75, 3.05) is 6.54 Å². The van der Waals surface area contributed by atoms with Crippen molar-refractivity contribution in [2.45, 2.75) is 0 Å². The summed E-state index contributed by atoms with van der Waals surface area (Å²) in [5, 5.41) is 12.4. The van der Waals surface area contributed by atoms with E-state index in [2.05, 4.69) is 20.9 Å². The Balaban J connectivity index is 2.29. The Bertz CT molecular complexity index is 723. The molecule has 0 aliphatic carbocycles. The van der Waals surface area contributed by atoms with Crippen molar-refractivity contribution in [2.24, 2.45) is 10.7 Å². The van der Waals surface area contributed by atoms with E-state index in [-0.39, 0.29) is 6.54 Å². The zero-order chi connectivity index (χ0) is 14.1. The fourth-order valence-electron chi connectivity index (χ4n) is 2.24. The van der Waals surface area contributed by atoms with Gasteiger partial charge in [0.15, 0.2) is 5.84 Å². The van der Waals surface area contributed by atoms with Crippen molar-refractivity contribution in [1.82, 2.24) is 0 Å². The number of fused-ring (bicyclic) bond motifs is 1. The standard InChI is InChI=1S/C15H12BrN3O/c16-11-6-7-13-12(8-11)15(10-4-2-1-3-5-10)19(20)9-14(17)18-13/h1-8H,9H2,(H2,17,18). The van der Waals surface area contributed by atoms with Gasteiger partial charge >= 0.3 is 0 Å². The van der Waals surface area contributed by atoms with E-state index in [0.29, 0.717) is 17.2 Å². The normalized spacial score (nSPS) is 14.6. The largest absolute Gasteiger partial charge is 0.623 e. The minimum absolute atomic E-state index is 0.0660. The molecule has 0 atom stereocenters. The third-order valence-corrected chi connectivity index (χ3v) is 3.57. The van der Waals surface area contributed by atoms with E-state index in [9.17, 15) is 5.21 Å². The first-order valence-corrected chi connectivity index (χ1v) is 6.94. The summed E-state index contributed by atoms with van der Waals surface area (Å²) < 4.78 is 1.79. The van der Waals surface area contributed by atoms with Gasteiger partial charge in [-0.25, -0.2) is 4.99 Å². The lowest BCUT2D eigenvalue weighted by Crippen LogP contribution is -2.26. The number of aliphatic imine (C=N–C) groups is 1. The monoisotopic (exact) mass is 329 g/mol. The summed E-state index contributed by atoms with van der Waals surface area (Å²) >= 11 is 3.44. The highest BCUT2D eigenvalue weighted by Crippen LogP contribution is 2.27. The van der Waals surface area contributed by atoms with E-state index in [1.807, 2.05) is 48.5 Å². The van der Waals surface area contributed by atoms with Gasteiger partial charge in [0, 0.05) is 10.0 Å². The van der Waals surface area contributed by atoms with E-state index in [1.54, 1.807) is 0 Å². The van der Waals surface area contributed by atoms with Crippen LogP contribution in [-0.2, 0) is 0 Å². The van der Waals surface area contributed by atoms with Crippen LogP contribution in [0.5, 0.6) is 0 Å². The molecule has 0 aromatic heterocycles. The van der Waals surface area contributed by atoms with Crippen LogP contribution in [0.4, 0.5) is 5.69 Å². The SMILES string of the molecule is NC1=Nc2ccc(Br)cc2C(c2ccccc2)=[N+]([O-])C1. The van der Waals surface area contributed by atoms with Crippen LogP contribution >= 0.6 is 15.9 Å². The van der Waals surface area contributed by atoms with Crippen LogP contribution < -0.4 is 5.73 Å². The Labute approximate surface area is 125 Å². The highest BCUT2D eigenvalue weighted by Gasteiger charge is 2.23. The van der Waals surface area contributed by atoms with Crippen LogP contribution in [0.2, 0.25) is 0 Å². The first-order valence-electron chi connectivity index (χ1n) is 6.15. The van der Waals surface area contributed by atoms with Crippen LogP contribution in [-0.4, -0.2) is 22.8 Å². The van der Waals surface area contributed by atoms with Crippen molar-refractivity contribution in [3.8, 4) is 0 Å². The topological polar surface area (TPSA) is 64.4 Å². The zero-order valence-electron chi connectivity index (χ0n) is 10.6. The number of amidine groups is 1. The summed E-state index contributed by atoms with van der Waals surface area (Å²) in [5.41, 5.74) is 8.73. The molecule has 100 valence electrons. The van der Waals surface area contributed by atoms with Gasteiger partial charge in [-0.15, -0.1) is 0 Å². The molecule has 5 heteroatoms. The van der Waals surface area contributed by atoms with Crippen LogP contribution in [0.1, 0.15) is 11.1 Å². The molecule has 20 heavy (non-hydrogen) atoms. The molecule has 1 heterocycles. The number of nitrogens with two attached hydrogens (primary N) is 1. The number of hydroxylamine groups is 1. The molecule has 2 N–H and O–H groups in total. The number of hydrogen-bond donors (Lipinski definition) is 1. The molecule has 0 radical (unpaired) electrons. The zero-order valence-corrected chi connectivity index (χ0v) is 12.2. The van der Waals surface area contributed by atoms with Gasteiger partial charge in [0.2, 0.25) is 12.3 Å². The minimum Gasteiger partial charge on any atom is -0.623 e. The van der Waals surface area contributed by atoms with Crippen molar-refractivity contribution in [3.63, 3.8) is 0 Å². The predicted molar refractivity (Wildman–Crippen MR) is 83.6 cm³/mol. The fraction of sp³-hybridized carbons (Fsp3) is 0.0667. The van der Waals surface area contributed by atoms with Gasteiger partial charge in [-0.2, -0.15) is 4.74 Å². The van der Waals surface area contributed by atoms with Gasteiger partial charge in [-0.05, 0) is 30.3 Å². The van der Waals surface area contributed by atoms with E-state index in [1.165, 1.54) is 0 Å². The maximum atomic E-state index is 12.4. The summed E-state index contributed by atoms with van der Waals surface area (Å²) in [6.07, 6.45) is 0. The van der Waals surface area contributed by atoms with Crippen molar-refractivity contribution < 1.29 is 4.74 Å². The maximum absolute atomic E-state index is 12.4. The van der Waals surface area contributed by atoms with Gasteiger partial charge in [0.25, 0.3) is 0 Å². The van der Waals surface area contributed by atoms with Gasteiger partial charge < -0.3 is 10.9 Å². The fourth-order valence-corrected chi connectivity index (χ4v) is 2.60. The lowest BCUT2D eigenvalue weighted by atomic mass is 10.0. The highest BCUT2D eigenvalue weighted by molar-refractivity contribution is 9.10. The maximum Gasteiger partial charge on any atom is 0.228 e. The summed E-state index contributed by atoms with van der Waals surface area (Å²) in [6.45, 7) is 0.0660. The lowest BCUT2D eigenvalue weighted by Gasteiger charge is -2.10. The Morgan fingerprint density at radius 3 is 2.65 bits per heavy atom. The third-order valence-electron chi connectivity index (χ3n) is 3.08. The van der Waals surface area contributed by atoms with Crippen LogP contribution in [0.15, 0.2) is 58.0 Å². The molecule has 1 aliphatic rings. The van der Waals surface area contributed by atoms with E-state index >= 15 is 0 Å². The van der Waals surface area contributed by atoms with Gasteiger partial charge in [0.1, 0.15) is 0 Å². The first-order chi connectivity index (χ1) is 9.65. The molecule has 4 nitrogen and oxygen atoms in total. The van der Waals surface area contributed by atoms with Gasteiger partial charge in [0.05, 0.1) is 11.3 Å². The molecule has 0 unspecified atom stereocenters. The number of halogens is 1. The molecule has 0 fully saturated rings. The quantitative estimate of drug-likeness (QED) is 0.645. The molecule has 0 saturated carbocycles. The van der Waals surface area contributed by atoms with Crippen molar-refractivity contribution >= 4 is 33.2 Å². The molecule has 1 aliphatic heterocycles. The van der Waals surface area contributed by atoms with Gasteiger partial charge in [-0.3, -0.25) is 0 Å². The average Bonchev–Trinajstić information content (AvgIpc) is 2.54. The summed E-state index contributed by atoms with van der Waals surface area (Å²) in [4.78, 5) is 4.32. The number of benzene rings is 2. The number of rotatable bonds is 1. The van der Waals surface area contributed by atoms with Crippen molar-refractivity contribution in [3.05, 3.63) is 69.3 Å². The molecule has 0 bridgehead atoms. The average molecular weight is 330 g/mol. The molecule has 3 rings (SSSR count). The molecule has 2 aromatic carbocycles. The molecule has 0 saturated heterocycles. The lowest BCUT2D eigenvalue weighted by molar-refractivity contribution is -0.439.